The van der Waals surface area contributed by atoms with E-state index >= 15 is 0 Å². The second-order valence-electron chi connectivity index (χ2n) is 8.33. The zero-order valence-electron chi connectivity index (χ0n) is 13.7. The predicted octanol–water partition coefficient (Wildman–Crippen LogP) is 4.72. The van der Waals surface area contributed by atoms with E-state index in [9.17, 15) is 5.11 Å². The Balaban J connectivity index is 1.96. The van der Waals surface area contributed by atoms with Crippen molar-refractivity contribution in [3.8, 4) is 0 Å². The fraction of sp³-hybridized carbons (Fsp3) is 0.789. The number of hydrogen-bond acceptors (Lipinski definition) is 2. The Morgan fingerprint density at radius 3 is 2.62 bits per heavy atom. The van der Waals surface area contributed by atoms with Crippen LogP contribution in [0.2, 0.25) is 0 Å². The van der Waals surface area contributed by atoms with E-state index in [1.165, 1.54) is 30.4 Å². The first kappa shape index (κ1) is 14.4. The van der Waals surface area contributed by atoms with E-state index in [0.29, 0.717) is 11.8 Å². The van der Waals surface area contributed by atoms with Crippen LogP contribution < -0.4 is 0 Å². The maximum Gasteiger partial charge on any atom is 0.105 e. The normalized spacial score (nSPS) is 47.5. The van der Waals surface area contributed by atoms with Crippen molar-refractivity contribution in [3.05, 3.63) is 23.3 Å². The first-order valence-corrected chi connectivity index (χ1v) is 9.78. The van der Waals surface area contributed by atoms with E-state index in [0.717, 1.165) is 25.7 Å². The third kappa shape index (κ3) is 1.40. The van der Waals surface area contributed by atoms with Crippen LogP contribution in [0.5, 0.6) is 0 Å². The molecule has 0 heterocycles. The molecule has 4 atom stereocenters. The van der Waals surface area contributed by atoms with Gasteiger partial charge in [-0.3, -0.25) is 0 Å². The lowest BCUT2D eigenvalue weighted by Gasteiger charge is -2.43. The number of fused-ring (bicyclic) bond motifs is 6. The zero-order valence-corrected chi connectivity index (χ0v) is 14.5. The summed E-state index contributed by atoms with van der Waals surface area (Å²) in [6.45, 7) is 9.23. The van der Waals surface area contributed by atoms with Crippen LogP contribution in [-0.4, -0.2) is 21.7 Å². The molecule has 116 valence electrons. The molecule has 2 saturated carbocycles. The predicted molar refractivity (Wildman–Crippen MR) is 90.4 cm³/mol. The smallest absolute Gasteiger partial charge is 0.105 e. The van der Waals surface area contributed by atoms with Crippen molar-refractivity contribution in [2.75, 3.05) is 6.26 Å². The van der Waals surface area contributed by atoms with E-state index in [-0.39, 0.29) is 10.2 Å². The maximum atomic E-state index is 12.1. The molecule has 1 nitrogen and oxygen atoms in total. The maximum absolute atomic E-state index is 12.1. The lowest BCUT2D eigenvalue weighted by Crippen LogP contribution is -2.50. The fourth-order valence-corrected chi connectivity index (χ4v) is 8.36. The van der Waals surface area contributed by atoms with Gasteiger partial charge < -0.3 is 5.11 Å². The van der Waals surface area contributed by atoms with Gasteiger partial charge in [0.15, 0.2) is 0 Å². The second-order valence-corrected chi connectivity index (χ2v) is 9.47. The highest BCUT2D eigenvalue weighted by Gasteiger charge is 2.76. The summed E-state index contributed by atoms with van der Waals surface area (Å²) in [7, 11) is 0. The fourth-order valence-electron chi connectivity index (χ4n) is 6.75. The topological polar surface area (TPSA) is 20.2 Å². The average Bonchev–Trinajstić information content (AvgIpc) is 2.72. The lowest BCUT2D eigenvalue weighted by molar-refractivity contribution is -0.00558. The summed E-state index contributed by atoms with van der Waals surface area (Å²) in [5.41, 5.74) is 4.09. The third-order valence-corrected chi connectivity index (χ3v) is 8.72. The molecular formula is C19H28OS. The Hall–Kier alpha value is -0.210. The zero-order chi connectivity index (χ0) is 15.0. The van der Waals surface area contributed by atoms with Crippen LogP contribution >= 0.6 is 11.8 Å². The van der Waals surface area contributed by atoms with Gasteiger partial charge >= 0.3 is 0 Å². The van der Waals surface area contributed by atoms with E-state index in [4.69, 9.17) is 0 Å². The van der Waals surface area contributed by atoms with E-state index < -0.39 is 5.60 Å². The molecule has 0 saturated heterocycles. The Labute approximate surface area is 133 Å². The number of thioether (sulfide) groups is 1. The van der Waals surface area contributed by atoms with Crippen LogP contribution in [0.1, 0.15) is 58.8 Å². The van der Waals surface area contributed by atoms with Crippen molar-refractivity contribution in [1.82, 2.24) is 0 Å². The molecule has 1 N–H and O–H groups in total. The Bertz CT molecular complexity index is 546. The SMILES string of the molecule is C=C1CCC2C(C)(C)C1C1(SC)CC3=C(CCCC3)C21O. The van der Waals surface area contributed by atoms with Crippen molar-refractivity contribution in [3.63, 3.8) is 0 Å². The highest BCUT2D eigenvalue weighted by Crippen LogP contribution is 2.75. The van der Waals surface area contributed by atoms with Gasteiger partial charge in [0.05, 0.1) is 4.75 Å². The highest BCUT2D eigenvalue weighted by atomic mass is 32.2. The molecule has 0 radical (unpaired) electrons. The summed E-state index contributed by atoms with van der Waals surface area (Å²) >= 11 is 1.95. The second kappa shape index (κ2) is 4.20. The van der Waals surface area contributed by atoms with Crippen molar-refractivity contribution < 1.29 is 5.11 Å². The van der Waals surface area contributed by atoms with Crippen molar-refractivity contribution in [2.24, 2.45) is 17.3 Å². The Morgan fingerprint density at radius 2 is 1.90 bits per heavy atom. The van der Waals surface area contributed by atoms with Crippen LogP contribution in [0.25, 0.3) is 0 Å². The van der Waals surface area contributed by atoms with Gasteiger partial charge in [0.1, 0.15) is 5.60 Å². The molecule has 4 rings (SSSR count). The Morgan fingerprint density at radius 1 is 1.19 bits per heavy atom. The highest BCUT2D eigenvalue weighted by molar-refractivity contribution is 8.00. The Kier molecular flexibility index (Phi) is 2.88. The molecule has 2 fully saturated rings. The monoisotopic (exact) mass is 304 g/mol. The minimum absolute atomic E-state index is 0.0241. The molecule has 21 heavy (non-hydrogen) atoms. The van der Waals surface area contributed by atoms with Gasteiger partial charge in [-0.05, 0) is 68.1 Å². The van der Waals surface area contributed by atoms with Crippen LogP contribution in [0, 0.1) is 17.3 Å². The number of aliphatic hydroxyl groups is 1. The summed E-state index contributed by atoms with van der Waals surface area (Å²) < 4.78 is -0.0241. The largest absolute Gasteiger partial charge is 0.384 e. The number of hydrogen-bond donors (Lipinski definition) is 1. The molecule has 0 aromatic heterocycles. The molecule has 2 heteroatoms. The van der Waals surface area contributed by atoms with Crippen LogP contribution in [0.15, 0.2) is 23.3 Å². The van der Waals surface area contributed by atoms with Gasteiger partial charge in [-0.2, -0.15) is 11.8 Å². The number of allylic oxidation sites excluding steroid dienone is 2. The molecule has 4 aliphatic rings. The summed E-state index contributed by atoms with van der Waals surface area (Å²) in [6.07, 6.45) is 10.5. The average molecular weight is 304 g/mol. The number of rotatable bonds is 1. The standard InChI is InChI=1S/C19H28OS/c1-12-9-10-15-17(2,3)16(12)18(21-4)11-13-7-5-6-8-14(13)19(15,18)20/h15-16,20H,1,5-11H2,2-4H3. The first-order valence-electron chi connectivity index (χ1n) is 8.56. The van der Waals surface area contributed by atoms with Crippen LogP contribution in [0.3, 0.4) is 0 Å². The molecule has 4 aliphatic carbocycles. The van der Waals surface area contributed by atoms with Crippen molar-refractivity contribution in [2.45, 2.75) is 69.1 Å². The summed E-state index contributed by atoms with van der Waals surface area (Å²) in [5.74, 6) is 0.882. The van der Waals surface area contributed by atoms with Crippen molar-refractivity contribution >= 4 is 11.8 Å². The van der Waals surface area contributed by atoms with Gasteiger partial charge in [-0.15, -0.1) is 0 Å². The lowest BCUT2D eigenvalue weighted by atomic mass is 9.62. The minimum Gasteiger partial charge on any atom is -0.384 e. The van der Waals surface area contributed by atoms with Crippen LogP contribution in [0.4, 0.5) is 0 Å². The third-order valence-electron chi connectivity index (χ3n) is 7.30. The molecule has 4 unspecified atom stereocenters. The van der Waals surface area contributed by atoms with Gasteiger partial charge in [0.2, 0.25) is 0 Å². The minimum atomic E-state index is -0.560. The quantitative estimate of drug-likeness (QED) is 0.708. The van der Waals surface area contributed by atoms with E-state index in [1.54, 1.807) is 5.57 Å². The van der Waals surface area contributed by atoms with Gasteiger partial charge in [0, 0.05) is 5.92 Å². The summed E-state index contributed by atoms with van der Waals surface area (Å²) in [6, 6.07) is 0. The van der Waals surface area contributed by atoms with Gasteiger partial charge in [-0.25, -0.2) is 0 Å². The molecule has 0 amide bonds. The van der Waals surface area contributed by atoms with E-state index in [2.05, 4.69) is 26.7 Å². The van der Waals surface area contributed by atoms with Gasteiger partial charge in [-0.1, -0.05) is 31.6 Å². The van der Waals surface area contributed by atoms with Gasteiger partial charge in [0.25, 0.3) is 0 Å². The first-order chi connectivity index (χ1) is 9.89. The molecule has 0 aromatic carbocycles. The molecule has 2 bridgehead atoms. The molecule has 0 spiro atoms. The van der Waals surface area contributed by atoms with Crippen molar-refractivity contribution in [1.29, 1.82) is 0 Å². The van der Waals surface area contributed by atoms with E-state index in [1.807, 2.05) is 11.8 Å². The molecule has 0 aromatic rings. The summed E-state index contributed by atoms with van der Waals surface area (Å²) in [5, 5.41) is 12.1. The van der Waals surface area contributed by atoms with Crippen LogP contribution in [-0.2, 0) is 0 Å². The summed E-state index contributed by atoms with van der Waals surface area (Å²) in [4.78, 5) is 0. The molecular weight excluding hydrogens is 276 g/mol. The molecule has 0 aliphatic heterocycles.